The van der Waals surface area contributed by atoms with Gasteiger partial charge in [-0.15, -0.1) is 11.3 Å². The van der Waals surface area contributed by atoms with Crippen molar-refractivity contribution in [2.45, 2.75) is 20.8 Å². The van der Waals surface area contributed by atoms with Crippen LogP contribution in [-0.2, 0) is 0 Å². The van der Waals surface area contributed by atoms with Gasteiger partial charge in [0.2, 0.25) is 0 Å². The minimum atomic E-state index is -0.193. The van der Waals surface area contributed by atoms with Crippen molar-refractivity contribution in [3.8, 4) is 6.07 Å². The molecule has 0 saturated carbocycles. The lowest BCUT2D eigenvalue weighted by Gasteiger charge is -2.07. The van der Waals surface area contributed by atoms with E-state index in [9.17, 15) is 10.1 Å². The topological polar surface area (TPSA) is 52.9 Å². The quantitative estimate of drug-likeness (QED) is 0.864. The maximum absolute atomic E-state index is 12.3. The van der Waals surface area contributed by atoms with Crippen molar-refractivity contribution in [3.05, 3.63) is 49.8 Å². The van der Waals surface area contributed by atoms with Crippen LogP contribution in [0.3, 0.4) is 0 Å². The van der Waals surface area contributed by atoms with Gasteiger partial charge in [0, 0.05) is 14.9 Å². The van der Waals surface area contributed by atoms with Crippen molar-refractivity contribution in [2.75, 3.05) is 5.32 Å². The Morgan fingerprint density at radius 2 is 2.05 bits per heavy atom. The molecule has 0 unspecified atom stereocenters. The molecule has 102 valence electrons. The number of rotatable bonds is 2. The predicted molar refractivity (Wildman–Crippen MR) is 85.3 cm³/mol. The molecule has 20 heavy (non-hydrogen) atoms. The Balaban J connectivity index is 2.36. The first-order valence-corrected chi connectivity index (χ1v) is 7.62. The van der Waals surface area contributed by atoms with E-state index in [1.54, 1.807) is 6.07 Å². The second-order valence-corrected chi connectivity index (χ2v) is 6.65. The third-order valence-electron chi connectivity index (χ3n) is 3.17. The first kappa shape index (κ1) is 14.8. The van der Waals surface area contributed by atoms with Crippen molar-refractivity contribution in [3.63, 3.8) is 0 Å². The molecule has 1 heterocycles. The molecule has 0 fully saturated rings. The van der Waals surface area contributed by atoms with Crippen molar-refractivity contribution in [1.29, 1.82) is 5.26 Å². The van der Waals surface area contributed by atoms with Crippen LogP contribution in [0.15, 0.2) is 22.7 Å². The molecule has 1 aromatic heterocycles. The summed E-state index contributed by atoms with van der Waals surface area (Å²) in [5.74, 6) is -0.193. The van der Waals surface area contributed by atoms with E-state index in [1.165, 1.54) is 11.3 Å². The van der Waals surface area contributed by atoms with Gasteiger partial charge in [0.05, 0.1) is 5.56 Å². The van der Waals surface area contributed by atoms with Crippen molar-refractivity contribution in [2.24, 2.45) is 0 Å². The molecule has 0 aliphatic carbocycles. The molecule has 0 aliphatic heterocycles. The standard InChI is InChI=1S/C15H13BrN2OS/c1-8-4-5-11(16)6-12(8)14(19)18-15-13(7-17)9(2)10(3)20-15/h4-6H,1-3H3,(H,18,19). The Labute approximate surface area is 130 Å². The van der Waals surface area contributed by atoms with E-state index in [0.717, 1.165) is 20.5 Å². The summed E-state index contributed by atoms with van der Waals surface area (Å²) in [6.45, 7) is 5.72. The highest BCUT2D eigenvalue weighted by atomic mass is 79.9. The van der Waals surface area contributed by atoms with Gasteiger partial charge in [0.25, 0.3) is 5.91 Å². The molecule has 0 bridgehead atoms. The highest BCUT2D eigenvalue weighted by molar-refractivity contribution is 9.10. The summed E-state index contributed by atoms with van der Waals surface area (Å²) in [4.78, 5) is 13.4. The minimum absolute atomic E-state index is 0.193. The Morgan fingerprint density at radius 1 is 1.35 bits per heavy atom. The molecule has 0 atom stereocenters. The average Bonchev–Trinajstić information content (AvgIpc) is 2.67. The molecule has 0 spiro atoms. The second kappa shape index (κ2) is 5.78. The van der Waals surface area contributed by atoms with E-state index in [-0.39, 0.29) is 5.91 Å². The zero-order valence-corrected chi connectivity index (χ0v) is 13.8. The largest absolute Gasteiger partial charge is 0.312 e. The minimum Gasteiger partial charge on any atom is -0.312 e. The summed E-state index contributed by atoms with van der Waals surface area (Å²) in [6, 6.07) is 7.71. The zero-order valence-electron chi connectivity index (χ0n) is 11.4. The van der Waals surface area contributed by atoms with Gasteiger partial charge in [-0.25, -0.2) is 0 Å². The molecule has 0 saturated heterocycles. The van der Waals surface area contributed by atoms with E-state index < -0.39 is 0 Å². The van der Waals surface area contributed by atoms with Gasteiger partial charge in [-0.1, -0.05) is 22.0 Å². The Bertz CT molecular complexity index is 728. The van der Waals surface area contributed by atoms with Crippen LogP contribution >= 0.6 is 27.3 Å². The van der Waals surface area contributed by atoms with Crippen LogP contribution in [0.5, 0.6) is 0 Å². The summed E-state index contributed by atoms with van der Waals surface area (Å²) < 4.78 is 0.854. The molecule has 1 amide bonds. The number of halogens is 1. The molecule has 0 aliphatic rings. The van der Waals surface area contributed by atoms with Crippen molar-refractivity contribution < 1.29 is 4.79 Å². The lowest BCUT2D eigenvalue weighted by atomic mass is 10.1. The molecule has 1 N–H and O–H groups in total. The van der Waals surface area contributed by atoms with Gasteiger partial charge >= 0.3 is 0 Å². The molecule has 5 heteroatoms. The number of benzene rings is 1. The first-order valence-electron chi connectivity index (χ1n) is 6.01. The Kier molecular flexibility index (Phi) is 4.26. The highest BCUT2D eigenvalue weighted by Crippen LogP contribution is 2.32. The number of carbonyl (C=O) groups is 1. The molecule has 2 rings (SSSR count). The number of nitrogens with one attached hydrogen (secondary N) is 1. The van der Waals surface area contributed by atoms with E-state index in [0.29, 0.717) is 16.1 Å². The third-order valence-corrected chi connectivity index (χ3v) is 4.78. The molecule has 0 radical (unpaired) electrons. The number of hydrogen-bond donors (Lipinski definition) is 1. The van der Waals surface area contributed by atoms with Crippen molar-refractivity contribution in [1.82, 2.24) is 0 Å². The van der Waals surface area contributed by atoms with Crippen LogP contribution in [0.2, 0.25) is 0 Å². The van der Waals surface area contributed by atoms with Crippen LogP contribution < -0.4 is 5.32 Å². The normalized spacial score (nSPS) is 10.2. The van der Waals surface area contributed by atoms with Gasteiger partial charge in [0.15, 0.2) is 0 Å². The number of aryl methyl sites for hydroxylation is 2. The average molecular weight is 349 g/mol. The van der Waals surface area contributed by atoms with Crippen molar-refractivity contribution >= 4 is 38.2 Å². The number of amides is 1. The number of anilines is 1. The van der Waals surface area contributed by atoms with E-state index >= 15 is 0 Å². The fourth-order valence-electron chi connectivity index (χ4n) is 1.86. The fraction of sp³-hybridized carbons (Fsp3) is 0.200. The smallest absolute Gasteiger partial charge is 0.256 e. The monoisotopic (exact) mass is 348 g/mol. The van der Waals surface area contributed by atoms with E-state index in [2.05, 4.69) is 27.3 Å². The summed E-state index contributed by atoms with van der Waals surface area (Å²) in [7, 11) is 0. The molecule has 2 aromatic rings. The van der Waals surface area contributed by atoms with Crippen LogP contribution in [0.25, 0.3) is 0 Å². The molecule has 3 nitrogen and oxygen atoms in total. The summed E-state index contributed by atoms with van der Waals surface area (Å²) >= 11 is 4.80. The molecular weight excluding hydrogens is 336 g/mol. The summed E-state index contributed by atoms with van der Waals surface area (Å²) in [6.07, 6.45) is 0. The maximum Gasteiger partial charge on any atom is 0.256 e. The first-order chi connectivity index (χ1) is 9.43. The summed E-state index contributed by atoms with van der Waals surface area (Å²) in [5.41, 5.74) is 2.98. The van der Waals surface area contributed by atoms with Crippen LogP contribution in [0.1, 0.15) is 31.9 Å². The number of carbonyl (C=O) groups excluding carboxylic acids is 1. The predicted octanol–water partition coefficient (Wildman–Crippen LogP) is 4.56. The van der Waals surface area contributed by atoms with Crippen LogP contribution in [-0.4, -0.2) is 5.91 Å². The summed E-state index contributed by atoms with van der Waals surface area (Å²) in [5, 5.41) is 12.7. The van der Waals surface area contributed by atoms with Gasteiger partial charge < -0.3 is 5.32 Å². The Hall–Kier alpha value is -1.64. The van der Waals surface area contributed by atoms with Crippen LogP contribution in [0.4, 0.5) is 5.00 Å². The third kappa shape index (κ3) is 2.77. The lowest BCUT2D eigenvalue weighted by Crippen LogP contribution is -2.13. The lowest BCUT2D eigenvalue weighted by molar-refractivity contribution is 0.102. The molecular formula is C15H13BrN2OS. The van der Waals surface area contributed by atoms with Gasteiger partial charge in [-0.05, 0) is 44.0 Å². The van der Waals surface area contributed by atoms with Gasteiger partial charge in [0.1, 0.15) is 11.1 Å². The van der Waals surface area contributed by atoms with Crippen LogP contribution in [0, 0.1) is 32.1 Å². The number of hydrogen-bond acceptors (Lipinski definition) is 3. The highest BCUT2D eigenvalue weighted by Gasteiger charge is 2.16. The molecule has 1 aromatic carbocycles. The number of nitriles is 1. The van der Waals surface area contributed by atoms with Gasteiger partial charge in [-0.3, -0.25) is 4.79 Å². The maximum atomic E-state index is 12.3. The number of thiophene rings is 1. The number of nitrogens with zero attached hydrogens (tertiary/aromatic N) is 1. The second-order valence-electron chi connectivity index (χ2n) is 4.51. The SMILES string of the molecule is Cc1ccc(Br)cc1C(=O)Nc1sc(C)c(C)c1C#N. The van der Waals surface area contributed by atoms with E-state index in [1.807, 2.05) is 32.9 Å². The Morgan fingerprint density at radius 3 is 2.70 bits per heavy atom. The zero-order chi connectivity index (χ0) is 14.9. The van der Waals surface area contributed by atoms with E-state index in [4.69, 9.17) is 0 Å². The van der Waals surface area contributed by atoms with Gasteiger partial charge in [-0.2, -0.15) is 5.26 Å². The fourth-order valence-corrected chi connectivity index (χ4v) is 3.23.